The largest absolute Gasteiger partial charge is 0.480 e. The van der Waals surface area contributed by atoms with E-state index in [1.165, 1.54) is 11.0 Å². The molecule has 0 radical (unpaired) electrons. The van der Waals surface area contributed by atoms with Crippen LogP contribution in [0, 0.1) is 6.92 Å². The first-order valence-electron chi connectivity index (χ1n) is 7.36. The lowest BCUT2D eigenvalue weighted by Gasteiger charge is -2.25. The van der Waals surface area contributed by atoms with Gasteiger partial charge < -0.3 is 10.0 Å². The Morgan fingerprint density at radius 2 is 2.10 bits per heavy atom. The maximum atomic E-state index is 12.3. The van der Waals surface area contributed by atoms with Crippen molar-refractivity contribution in [2.24, 2.45) is 0 Å². The molecule has 1 aliphatic rings. The maximum absolute atomic E-state index is 12.3. The summed E-state index contributed by atoms with van der Waals surface area (Å²) < 4.78 is 0. The Kier molecular flexibility index (Phi) is 5.14. The van der Waals surface area contributed by atoms with Crippen LogP contribution in [0.2, 0.25) is 0 Å². The first-order valence-corrected chi connectivity index (χ1v) is 7.36. The molecular weight excluding hydrogens is 266 g/mol. The predicted molar refractivity (Wildman–Crippen MR) is 81.8 cm³/mol. The number of likely N-dealkylation sites (tertiary alicyclic amines) is 1. The summed E-state index contributed by atoms with van der Waals surface area (Å²) in [4.78, 5) is 25.1. The van der Waals surface area contributed by atoms with Gasteiger partial charge in [0.1, 0.15) is 6.04 Å². The summed E-state index contributed by atoms with van der Waals surface area (Å²) in [5.41, 5.74) is 2.08. The number of hydrogen-bond donors (Lipinski definition) is 1. The van der Waals surface area contributed by atoms with Crippen LogP contribution in [0.15, 0.2) is 30.3 Å². The lowest BCUT2D eigenvalue weighted by Crippen LogP contribution is -2.43. The fourth-order valence-corrected chi connectivity index (χ4v) is 2.67. The second-order valence-electron chi connectivity index (χ2n) is 5.48. The molecule has 1 aliphatic heterocycles. The van der Waals surface area contributed by atoms with Crippen molar-refractivity contribution in [3.63, 3.8) is 0 Å². The number of amides is 1. The van der Waals surface area contributed by atoms with E-state index in [-0.39, 0.29) is 5.91 Å². The van der Waals surface area contributed by atoms with Crippen molar-refractivity contribution < 1.29 is 14.7 Å². The zero-order valence-corrected chi connectivity index (χ0v) is 12.3. The highest BCUT2D eigenvalue weighted by atomic mass is 16.4. The molecule has 0 bridgehead atoms. The molecule has 0 spiro atoms. The van der Waals surface area contributed by atoms with Gasteiger partial charge in [-0.25, -0.2) is 4.79 Å². The minimum absolute atomic E-state index is 0.217. The van der Waals surface area contributed by atoms with Crippen LogP contribution in [-0.4, -0.2) is 34.5 Å². The minimum atomic E-state index is -0.908. The summed E-state index contributed by atoms with van der Waals surface area (Å²) in [6.45, 7) is 2.52. The quantitative estimate of drug-likeness (QED) is 0.870. The van der Waals surface area contributed by atoms with E-state index in [1.807, 2.05) is 31.2 Å². The van der Waals surface area contributed by atoms with E-state index < -0.39 is 12.0 Å². The van der Waals surface area contributed by atoms with Gasteiger partial charge in [-0.3, -0.25) is 4.79 Å². The van der Waals surface area contributed by atoms with Gasteiger partial charge in [0.2, 0.25) is 5.91 Å². The molecule has 1 aromatic rings. The van der Waals surface area contributed by atoms with Crippen molar-refractivity contribution in [2.75, 3.05) is 6.54 Å². The van der Waals surface area contributed by atoms with Gasteiger partial charge in [0.25, 0.3) is 0 Å². The normalized spacial score (nSPS) is 19.5. The second kappa shape index (κ2) is 7.07. The van der Waals surface area contributed by atoms with Gasteiger partial charge in [-0.15, -0.1) is 0 Å². The predicted octanol–water partition coefficient (Wildman–Crippen LogP) is 2.86. The first kappa shape index (κ1) is 15.3. The number of carbonyl (C=O) groups excluding carboxylic acids is 1. The minimum Gasteiger partial charge on any atom is -0.480 e. The molecule has 1 atom stereocenters. The Morgan fingerprint density at radius 1 is 1.29 bits per heavy atom. The van der Waals surface area contributed by atoms with E-state index in [0.29, 0.717) is 13.0 Å². The van der Waals surface area contributed by atoms with Crippen molar-refractivity contribution in [2.45, 2.75) is 38.6 Å². The Morgan fingerprint density at radius 3 is 2.81 bits per heavy atom. The van der Waals surface area contributed by atoms with Gasteiger partial charge in [-0.05, 0) is 31.4 Å². The van der Waals surface area contributed by atoms with Crippen molar-refractivity contribution >= 4 is 18.0 Å². The molecule has 1 unspecified atom stereocenters. The smallest absolute Gasteiger partial charge is 0.326 e. The van der Waals surface area contributed by atoms with Crippen molar-refractivity contribution in [1.29, 1.82) is 0 Å². The highest BCUT2D eigenvalue weighted by Crippen LogP contribution is 2.18. The van der Waals surface area contributed by atoms with Gasteiger partial charge in [0, 0.05) is 12.6 Å². The number of hydrogen-bond acceptors (Lipinski definition) is 2. The molecule has 112 valence electrons. The van der Waals surface area contributed by atoms with Crippen molar-refractivity contribution in [3.05, 3.63) is 41.5 Å². The zero-order chi connectivity index (χ0) is 15.2. The summed E-state index contributed by atoms with van der Waals surface area (Å²) >= 11 is 0. The van der Waals surface area contributed by atoms with Crippen LogP contribution in [-0.2, 0) is 9.59 Å². The molecule has 0 saturated carbocycles. The molecule has 1 heterocycles. The topological polar surface area (TPSA) is 57.6 Å². The number of aliphatic carboxylic acids is 1. The molecule has 2 rings (SSSR count). The molecule has 0 aliphatic carbocycles. The molecule has 1 saturated heterocycles. The van der Waals surface area contributed by atoms with Gasteiger partial charge in [-0.1, -0.05) is 42.7 Å². The molecule has 1 amide bonds. The molecule has 21 heavy (non-hydrogen) atoms. The number of benzene rings is 1. The van der Waals surface area contributed by atoms with Gasteiger partial charge >= 0.3 is 5.97 Å². The van der Waals surface area contributed by atoms with Crippen LogP contribution >= 0.6 is 0 Å². The Balaban J connectivity index is 2.11. The van der Waals surface area contributed by atoms with E-state index in [2.05, 4.69) is 0 Å². The lowest BCUT2D eigenvalue weighted by molar-refractivity contribution is -0.148. The fraction of sp³-hybridized carbons (Fsp3) is 0.412. The third-order valence-corrected chi connectivity index (χ3v) is 3.78. The van der Waals surface area contributed by atoms with Crippen LogP contribution < -0.4 is 0 Å². The van der Waals surface area contributed by atoms with E-state index in [1.54, 1.807) is 6.08 Å². The standard InChI is InChI=1S/C17H21NO3/c1-13-6-5-7-14(12-13)9-10-16(19)18-11-4-2-3-8-15(18)17(20)21/h5-7,9-10,12,15H,2-4,8,11H2,1H3,(H,20,21). The summed E-state index contributed by atoms with van der Waals surface area (Å²) in [5, 5.41) is 9.29. The highest BCUT2D eigenvalue weighted by molar-refractivity contribution is 5.94. The summed E-state index contributed by atoms with van der Waals surface area (Å²) in [6.07, 6.45) is 6.49. The van der Waals surface area contributed by atoms with Crippen LogP contribution in [0.5, 0.6) is 0 Å². The average Bonchev–Trinajstić information content (AvgIpc) is 2.70. The molecule has 4 heteroatoms. The molecule has 1 fully saturated rings. The highest BCUT2D eigenvalue weighted by Gasteiger charge is 2.29. The monoisotopic (exact) mass is 287 g/mol. The Labute approximate surface area is 125 Å². The number of carbonyl (C=O) groups is 2. The first-order chi connectivity index (χ1) is 10.1. The van der Waals surface area contributed by atoms with Crippen molar-refractivity contribution in [3.8, 4) is 0 Å². The van der Waals surface area contributed by atoms with Gasteiger partial charge in [0.15, 0.2) is 0 Å². The Hall–Kier alpha value is -2.10. The number of aryl methyl sites for hydroxylation is 1. The summed E-state index contributed by atoms with van der Waals surface area (Å²) in [7, 11) is 0. The van der Waals surface area contributed by atoms with Crippen LogP contribution in [0.1, 0.15) is 36.8 Å². The fourth-order valence-electron chi connectivity index (χ4n) is 2.67. The third kappa shape index (κ3) is 4.18. The van der Waals surface area contributed by atoms with Crippen LogP contribution in [0.25, 0.3) is 6.08 Å². The van der Waals surface area contributed by atoms with E-state index >= 15 is 0 Å². The number of carboxylic acids is 1. The third-order valence-electron chi connectivity index (χ3n) is 3.78. The van der Waals surface area contributed by atoms with Crippen molar-refractivity contribution in [1.82, 2.24) is 4.90 Å². The van der Waals surface area contributed by atoms with E-state index in [9.17, 15) is 14.7 Å². The molecular formula is C17H21NO3. The number of carboxylic acid groups (broad SMARTS) is 1. The SMILES string of the molecule is Cc1cccc(C=CC(=O)N2CCCCCC2C(=O)O)c1. The summed E-state index contributed by atoms with van der Waals surface area (Å²) in [5.74, 6) is -1.12. The number of rotatable bonds is 3. The van der Waals surface area contributed by atoms with Crippen LogP contribution in [0.3, 0.4) is 0 Å². The zero-order valence-electron chi connectivity index (χ0n) is 12.3. The van der Waals surface area contributed by atoms with E-state index in [4.69, 9.17) is 0 Å². The summed E-state index contributed by atoms with van der Waals surface area (Å²) in [6, 6.07) is 7.15. The second-order valence-corrected chi connectivity index (χ2v) is 5.48. The average molecular weight is 287 g/mol. The van der Waals surface area contributed by atoms with Gasteiger partial charge in [0.05, 0.1) is 0 Å². The molecule has 1 N–H and O–H groups in total. The van der Waals surface area contributed by atoms with Crippen LogP contribution in [0.4, 0.5) is 0 Å². The molecule has 0 aromatic heterocycles. The molecule has 1 aromatic carbocycles. The Bertz CT molecular complexity index is 551. The maximum Gasteiger partial charge on any atom is 0.326 e. The van der Waals surface area contributed by atoms with Gasteiger partial charge in [-0.2, -0.15) is 0 Å². The lowest BCUT2D eigenvalue weighted by atomic mass is 10.1. The molecule has 4 nitrogen and oxygen atoms in total. The number of nitrogens with zero attached hydrogens (tertiary/aromatic N) is 1. The van der Waals surface area contributed by atoms with E-state index in [0.717, 1.165) is 30.4 Å².